The van der Waals surface area contributed by atoms with Gasteiger partial charge in [-0.25, -0.2) is 0 Å². The van der Waals surface area contributed by atoms with Crippen molar-refractivity contribution in [1.29, 1.82) is 0 Å². The molecule has 0 aliphatic carbocycles. The third kappa shape index (κ3) is 5.09. The van der Waals surface area contributed by atoms with Gasteiger partial charge in [0.15, 0.2) is 12.4 Å². The molecule has 0 atom stereocenters. The SMILES string of the molecule is CC(C)CNC(=O)COc1ccc(-c2nc(C(C)C)no2)cc1. The van der Waals surface area contributed by atoms with Gasteiger partial charge in [0.25, 0.3) is 11.8 Å². The largest absolute Gasteiger partial charge is 0.484 e. The second kappa shape index (κ2) is 7.76. The fraction of sp³-hybridized carbons (Fsp3) is 0.471. The van der Waals surface area contributed by atoms with Crippen LogP contribution in [0.3, 0.4) is 0 Å². The molecule has 2 aromatic rings. The summed E-state index contributed by atoms with van der Waals surface area (Å²) >= 11 is 0. The predicted octanol–water partition coefficient (Wildman–Crippen LogP) is 3.01. The van der Waals surface area contributed by atoms with Crippen molar-refractivity contribution in [3.63, 3.8) is 0 Å². The van der Waals surface area contributed by atoms with Crippen LogP contribution in [0.25, 0.3) is 11.5 Å². The molecule has 124 valence electrons. The van der Waals surface area contributed by atoms with Crippen LogP contribution in [0.4, 0.5) is 0 Å². The summed E-state index contributed by atoms with van der Waals surface area (Å²) in [6.45, 7) is 8.76. The number of benzene rings is 1. The first-order valence-electron chi connectivity index (χ1n) is 7.79. The summed E-state index contributed by atoms with van der Waals surface area (Å²) in [4.78, 5) is 15.9. The average Bonchev–Trinajstić information content (AvgIpc) is 3.01. The Bertz CT molecular complexity index is 633. The molecular formula is C17H23N3O3. The summed E-state index contributed by atoms with van der Waals surface area (Å²) in [5, 5.41) is 6.74. The van der Waals surface area contributed by atoms with Crippen LogP contribution in [0, 0.1) is 5.92 Å². The van der Waals surface area contributed by atoms with E-state index < -0.39 is 0 Å². The molecule has 0 saturated heterocycles. The zero-order chi connectivity index (χ0) is 16.8. The number of nitrogens with one attached hydrogen (secondary N) is 1. The van der Waals surface area contributed by atoms with Gasteiger partial charge in [0.05, 0.1) is 0 Å². The smallest absolute Gasteiger partial charge is 0.257 e. The van der Waals surface area contributed by atoms with Crippen LogP contribution in [0.1, 0.15) is 39.4 Å². The van der Waals surface area contributed by atoms with Crippen LogP contribution in [-0.2, 0) is 4.79 Å². The van der Waals surface area contributed by atoms with Gasteiger partial charge in [-0.3, -0.25) is 4.79 Å². The van der Waals surface area contributed by atoms with E-state index in [9.17, 15) is 4.79 Å². The Morgan fingerprint density at radius 3 is 2.48 bits per heavy atom. The molecule has 1 heterocycles. The van der Waals surface area contributed by atoms with E-state index in [1.165, 1.54) is 0 Å². The van der Waals surface area contributed by atoms with E-state index in [1.807, 2.05) is 39.8 Å². The number of nitrogens with zero attached hydrogens (tertiary/aromatic N) is 2. The lowest BCUT2D eigenvalue weighted by atomic mass is 10.2. The maximum Gasteiger partial charge on any atom is 0.257 e. The molecule has 2 rings (SSSR count). The zero-order valence-corrected chi connectivity index (χ0v) is 14.0. The quantitative estimate of drug-likeness (QED) is 0.849. The number of amides is 1. The highest BCUT2D eigenvalue weighted by atomic mass is 16.5. The molecule has 1 N–H and O–H groups in total. The average molecular weight is 317 g/mol. The molecule has 0 fully saturated rings. The number of aromatic nitrogens is 2. The van der Waals surface area contributed by atoms with Gasteiger partial charge in [-0.1, -0.05) is 32.9 Å². The van der Waals surface area contributed by atoms with Gasteiger partial charge < -0.3 is 14.6 Å². The number of ether oxygens (including phenoxy) is 1. The van der Waals surface area contributed by atoms with Crippen LogP contribution >= 0.6 is 0 Å². The van der Waals surface area contributed by atoms with Gasteiger partial charge in [-0.15, -0.1) is 0 Å². The fourth-order valence-corrected chi connectivity index (χ4v) is 1.80. The van der Waals surface area contributed by atoms with E-state index in [0.29, 0.717) is 29.9 Å². The Hall–Kier alpha value is -2.37. The molecule has 0 unspecified atom stereocenters. The third-order valence-corrected chi connectivity index (χ3v) is 3.14. The summed E-state index contributed by atoms with van der Waals surface area (Å²) in [5.41, 5.74) is 0.820. The van der Waals surface area contributed by atoms with Crippen LogP contribution in [0.15, 0.2) is 28.8 Å². The minimum atomic E-state index is -0.124. The molecule has 0 radical (unpaired) electrons. The van der Waals surface area contributed by atoms with Gasteiger partial charge in [-0.2, -0.15) is 4.98 Å². The number of rotatable bonds is 7. The summed E-state index contributed by atoms with van der Waals surface area (Å²) < 4.78 is 10.7. The maximum atomic E-state index is 11.6. The van der Waals surface area contributed by atoms with Crippen LogP contribution in [0.2, 0.25) is 0 Å². The summed E-state index contributed by atoms with van der Waals surface area (Å²) in [6.07, 6.45) is 0. The maximum absolute atomic E-state index is 11.6. The van der Waals surface area contributed by atoms with Crippen molar-refractivity contribution in [1.82, 2.24) is 15.5 Å². The first-order valence-corrected chi connectivity index (χ1v) is 7.79. The molecule has 1 aromatic heterocycles. The highest BCUT2D eigenvalue weighted by Crippen LogP contribution is 2.22. The van der Waals surface area contributed by atoms with E-state index in [0.717, 1.165) is 5.56 Å². The molecule has 1 aromatic carbocycles. The second-order valence-corrected chi connectivity index (χ2v) is 6.12. The molecule has 1 amide bonds. The molecule has 0 aliphatic rings. The lowest BCUT2D eigenvalue weighted by Crippen LogP contribution is -2.31. The van der Waals surface area contributed by atoms with Crippen molar-refractivity contribution in [3.8, 4) is 17.2 Å². The Kier molecular flexibility index (Phi) is 5.73. The minimum Gasteiger partial charge on any atom is -0.484 e. The minimum absolute atomic E-state index is 0.00409. The molecule has 0 bridgehead atoms. The van der Waals surface area contributed by atoms with Crippen molar-refractivity contribution in [2.45, 2.75) is 33.6 Å². The van der Waals surface area contributed by atoms with Crippen molar-refractivity contribution < 1.29 is 14.1 Å². The lowest BCUT2D eigenvalue weighted by molar-refractivity contribution is -0.123. The highest BCUT2D eigenvalue weighted by molar-refractivity contribution is 5.77. The number of carbonyl (C=O) groups is 1. The van der Waals surface area contributed by atoms with Crippen molar-refractivity contribution in [3.05, 3.63) is 30.1 Å². The predicted molar refractivity (Wildman–Crippen MR) is 87.2 cm³/mol. The topological polar surface area (TPSA) is 77.2 Å². The molecule has 6 heteroatoms. The number of carbonyl (C=O) groups excluding carboxylic acids is 1. The number of hydrogen-bond donors (Lipinski definition) is 1. The van der Waals surface area contributed by atoms with E-state index in [4.69, 9.17) is 9.26 Å². The Balaban J connectivity index is 1.90. The van der Waals surface area contributed by atoms with Crippen LogP contribution in [0.5, 0.6) is 5.75 Å². The van der Waals surface area contributed by atoms with Crippen molar-refractivity contribution >= 4 is 5.91 Å². The molecular weight excluding hydrogens is 294 g/mol. The summed E-state index contributed by atoms with van der Waals surface area (Å²) in [7, 11) is 0. The van der Waals surface area contributed by atoms with Crippen LogP contribution in [-0.4, -0.2) is 29.2 Å². The van der Waals surface area contributed by atoms with Crippen molar-refractivity contribution in [2.24, 2.45) is 5.92 Å². The van der Waals surface area contributed by atoms with Gasteiger partial charge >= 0.3 is 0 Å². The molecule has 6 nitrogen and oxygen atoms in total. The van der Waals surface area contributed by atoms with Crippen LogP contribution < -0.4 is 10.1 Å². The van der Waals surface area contributed by atoms with Gasteiger partial charge in [-0.05, 0) is 30.2 Å². The van der Waals surface area contributed by atoms with E-state index in [1.54, 1.807) is 12.1 Å². The zero-order valence-electron chi connectivity index (χ0n) is 14.0. The molecule has 0 aliphatic heterocycles. The summed E-state index contributed by atoms with van der Waals surface area (Å²) in [5.74, 6) is 2.30. The van der Waals surface area contributed by atoms with E-state index in [-0.39, 0.29) is 18.4 Å². The molecule has 0 spiro atoms. The Morgan fingerprint density at radius 1 is 1.22 bits per heavy atom. The monoisotopic (exact) mass is 317 g/mol. The second-order valence-electron chi connectivity index (χ2n) is 6.12. The highest BCUT2D eigenvalue weighted by Gasteiger charge is 2.11. The molecule has 0 saturated carbocycles. The van der Waals surface area contributed by atoms with E-state index in [2.05, 4.69) is 15.5 Å². The van der Waals surface area contributed by atoms with Gasteiger partial charge in [0.2, 0.25) is 0 Å². The first-order chi connectivity index (χ1) is 11.0. The standard InChI is InChI=1S/C17H23N3O3/c1-11(2)9-18-15(21)10-22-14-7-5-13(6-8-14)17-19-16(12(3)4)20-23-17/h5-8,11-12H,9-10H2,1-4H3,(H,18,21). The van der Waals surface area contributed by atoms with Gasteiger partial charge in [0.1, 0.15) is 5.75 Å². The normalized spacial score (nSPS) is 11.0. The number of hydrogen-bond acceptors (Lipinski definition) is 5. The van der Waals surface area contributed by atoms with E-state index >= 15 is 0 Å². The third-order valence-electron chi connectivity index (χ3n) is 3.14. The Morgan fingerprint density at radius 2 is 1.91 bits per heavy atom. The first kappa shape index (κ1) is 17.0. The fourth-order valence-electron chi connectivity index (χ4n) is 1.80. The van der Waals surface area contributed by atoms with Crippen molar-refractivity contribution in [2.75, 3.05) is 13.2 Å². The summed E-state index contributed by atoms with van der Waals surface area (Å²) in [6, 6.07) is 7.23. The molecule has 23 heavy (non-hydrogen) atoms. The lowest BCUT2D eigenvalue weighted by Gasteiger charge is -2.09. The van der Waals surface area contributed by atoms with Gasteiger partial charge in [0, 0.05) is 18.0 Å². The Labute approximate surface area is 136 Å².